The summed E-state index contributed by atoms with van der Waals surface area (Å²) in [7, 11) is 0. The molecule has 0 aliphatic heterocycles. The number of furan rings is 1. The number of benzene rings is 1. The second kappa shape index (κ2) is 8.29. The SMILES string of the molecule is CCNC(=NCc1ccccc1[N+](=O)[O-])NCC(C)(O)c1ccco1. The van der Waals surface area contributed by atoms with Gasteiger partial charge in [0, 0.05) is 12.6 Å². The monoisotopic (exact) mass is 346 g/mol. The summed E-state index contributed by atoms with van der Waals surface area (Å²) in [4.78, 5) is 15.0. The molecule has 0 saturated carbocycles. The van der Waals surface area contributed by atoms with E-state index in [1.54, 1.807) is 37.3 Å². The largest absolute Gasteiger partial charge is 0.466 e. The lowest BCUT2D eigenvalue weighted by atomic mass is 10.0. The second-order valence-electron chi connectivity index (χ2n) is 5.69. The first-order valence-electron chi connectivity index (χ1n) is 7.95. The van der Waals surface area contributed by atoms with Gasteiger partial charge < -0.3 is 20.2 Å². The Balaban J connectivity index is 2.07. The fourth-order valence-corrected chi connectivity index (χ4v) is 2.26. The van der Waals surface area contributed by atoms with Crippen LogP contribution in [0.25, 0.3) is 0 Å². The molecule has 0 saturated heterocycles. The summed E-state index contributed by atoms with van der Waals surface area (Å²) < 4.78 is 5.24. The van der Waals surface area contributed by atoms with E-state index in [9.17, 15) is 15.2 Å². The van der Waals surface area contributed by atoms with Crippen molar-refractivity contribution in [1.29, 1.82) is 0 Å². The molecule has 0 aliphatic carbocycles. The average Bonchev–Trinajstić information content (AvgIpc) is 3.13. The third-order valence-electron chi connectivity index (χ3n) is 3.59. The van der Waals surface area contributed by atoms with Crippen LogP contribution in [0, 0.1) is 10.1 Å². The number of rotatable bonds is 7. The molecule has 0 fully saturated rings. The molecule has 8 nitrogen and oxygen atoms in total. The zero-order valence-electron chi connectivity index (χ0n) is 14.2. The summed E-state index contributed by atoms with van der Waals surface area (Å²) in [6, 6.07) is 9.88. The molecule has 3 N–H and O–H groups in total. The third-order valence-corrected chi connectivity index (χ3v) is 3.59. The number of guanidine groups is 1. The standard InChI is InChI=1S/C17H22N4O4/c1-3-18-16(20-12-17(2,22)15-9-6-10-25-15)19-11-13-7-4-5-8-14(13)21(23)24/h4-10,22H,3,11-12H2,1-2H3,(H2,18,19,20). The zero-order valence-corrected chi connectivity index (χ0v) is 14.2. The van der Waals surface area contributed by atoms with E-state index in [0.717, 1.165) is 0 Å². The lowest BCUT2D eigenvalue weighted by molar-refractivity contribution is -0.385. The maximum Gasteiger partial charge on any atom is 0.274 e. The number of nitro benzene ring substituents is 1. The molecule has 1 heterocycles. The van der Waals surface area contributed by atoms with Crippen LogP contribution >= 0.6 is 0 Å². The van der Waals surface area contributed by atoms with Crippen LogP contribution in [-0.4, -0.2) is 29.1 Å². The number of hydrogen-bond donors (Lipinski definition) is 3. The third kappa shape index (κ3) is 5.05. The van der Waals surface area contributed by atoms with Gasteiger partial charge in [-0.05, 0) is 26.0 Å². The smallest absolute Gasteiger partial charge is 0.274 e. The molecule has 25 heavy (non-hydrogen) atoms. The molecule has 134 valence electrons. The van der Waals surface area contributed by atoms with E-state index in [1.807, 2.05) is 6.92 Å². The number of aliphatic imine (C=N–C) groups is 1. The van der Waals surface area contributed by atoms with E-state index >= 15 is 0 Å². The Labute approximate surface area is 145 Å². The van der Waals surface area contributed by atoms with Crippen molar-refractivity contribution in [2.75, 3.05) is 13.1 Å². The summed E-state index contributed by atoms with van der Waals surface area (Å²) in [5.74, 6) is 0.891. The first kappa shape index (κ1) is 18.5. The van der Waals surface area contributed by atoms with E-state index in [1.165, 1.54) is 12.3 Å². The minimum Gasteiger partial charge on any atom is -0.466 e. The van der Waals surface area contributed by atoms with Crippen molar-refractivity contribution in [2.45, 2.75) is 26.0 Å². The van der Waals surface area contributed by atoms with Gasteiger partial charge in [-0.3, -0.25) is 10.1 Å². The predicted molar refractivity (Wildman–Crippen MR) is 94.2 cm³/mol. The lowest BCUT2D eigenvalue weighted by Crippen LogP contribution is -2.44. The predicted octanol–water partition coefficient (Wildman–Crippen LogP) is 2.15. The number of hydrogen-bond acceptors (Lipinski definition) is 5. The first-order chi connectivity index (χ1) is 11.9. The lowest BCUT2D eigenvalue weighted by Gasteiger charge is -2.22. The summed E-state index contributed by atoms with van der Waals surface area (Å²) in [5, 5.41) is 27.6. The van der Waals surface area contributed by atoms with Gasteiger partial charge in [-0.1, -0.05) is 18.2 Å². The number of para-hydroxylation sites is 1. The maximum atomic E-state index is 11.1. The highest BCUT2D eigenvalue weighted by Crippen LogP contribution is 2.20. The van der Waals surface area contributed by atoms with Gasteiger partial charge in [0.1, 0.15) is 11.4 Å². The van der Waals surface area contributed by atoms with Crippen LogP contribution in [0.15, 0.2) is 52.1 Å². The Morgan fingerprint density at radius 2 is 2.08 bits per heavy atom. The molecule has 0 spiro atoms. The molecule has 2 aromatic rings. The van der Waals surface area contributed by atoms with Crippen molar-refractivity contribution in [3.05, 3.63) is 64.1 Å². The summed E-state index contributed by atoms with van der Waals surface area (Å²) >= 11 is 0. The first-order valence-corrected chi connectivity index (χ1v) is 7.95. The molecule has 2 rings (SSSR count). The Hall–Kier alpha value is -2.87. The molecular weight excluding hydrogens is 324 g/mol. The maximum absolute atomic E-state index is 11.1. The van der Waals surface area contributed by atoms with Gasteiger partial charge in [-0.25, -0.2) is 4.99 Å². The van der Waals surface area contributed by atoms with Crippen LogP contribution in [-0.2, 0) is 12.1 Å². The summed E-state index contributed by atoms with van der Waals surface area (Å²) in [6.07, 6.45) is 1.50. The highest BCUT2D eigenvalue weighted by Gasteiger charge is 2.26. The van der Waals surface area contributed by atoms with Crippen molar-refractivity contribution in [3.63, 3.8) is 0 Å². The van der Waals surface area contributed by atoms with Crippen LogP contribution in [0.2, 0.25) is 0 Å². The van der Waals surface area contributed by atoms with E-state index in [-0.39, 0.29) is 18.8 Å². The Morgan fingerprint density at radius 1 is 1.32 bits per heavy atom. The Morgan fingerprint density at radius 3 is 2.72 bits per heavy atom. The minimum atomic E-state index is -1.21. The van der Waals surface area contributed by atoms with Gasteiger partial charge in [0.05, 0.1) is 29.8 Å². The van der Waals surface area contributed by atoms with Gasteiger partial charge in [-0.15, -0.1) is 0 Å². The van der Waals surface area contributed by atoms with Gasteiger partial charge in [0.15, 0.2) is 5.96 Å². The van der Waals surface area contributed by atoms with Crippen molar-refractivity contribution in [1.82, 2.24) is 10.6 Å². The molecule has 0 radical (unpaired) electrons. The minimum absolute atomic E-state index is 0.0321. The van der Waals surface area contributed by atoms with Gasteiger partial charge >= 0.3 is 0 Å². The number of nitrogens with zero attached hydrogens (tertiary/aromatic N) is 2. The number of nitro groups is 1. The number of aliphatic hydroxyl groups is 1. The fourth-order valence-electron chi connectivity index (χ4n) is 2.26. The van der Waals surface area contributed by atoms with Crippen LogP contribution in [0.3, 0.4) is 0 Å². The highest BCUT2D eigenvalue weighted by atomic mass is 16.6. The van der Waals surface area contributed by atoms with Gasteiger partial charge in [-0.2, -0.15) is 0 Å². The fraction of sp³-hybridized carbons (Fsp3) is 0.353. The molecule has 0 bridgehead atoms. The normalized spacial score (nSPS) is 14.0. The topological polar surface area (TPSA) is 113 Å². The summed E-state index contributed by atoms with van der Waals surface area (Å²) in [6.45, 7) is 4.47. The highest BCUT2D eigenvalue weighted by molar-refractivity contribution is 5.79. The summed E-state index contributed by atoms with van der Waals surface area (Å²) in [5.41, 5.74) is -0.662. The molecule has 0 aliphatic rings. The number of nitrogens with one attached hydrogen (secondary N) is 2. The second-order valence-corrected chi connectivity index (χ2v) is 5.69. The van der Waals surface area contributed by atoms with E-state index in [0.29, 0.717) is 23.8 Å². The van der Waals surface area contributed by atoms with Crippen molar-refractivity contribution >= 4 is 11.6 Å². The van der Waals surface area contributed by atoms with Crippen LogP contribution < -0.4 is 10.6 Å². The molecule has 0 amide bonds. The van der Waals surface area contributed by atoms with Gasteiger partial charge in [0.2, 0.25) is 0 Å². The van der Waals surface area contributed by atoms with Crippen LogP contribution in [0.1, 0.15) is 25.2 Å². The average molecular weight is 346 g/mol. The molecular formula is C17H22N4O4. The molecule has 1 aromatic carbocycles. The quantitative estimate of drug-likeness (QED) is 0.306. The molecule has 1 aromatic heterocycles. The molecule has 1 unspecified atom stereocenters. The van der Waals surface area contributed by atoms with E-state index in [4.69, 9.17) is 4.42 Å². The van der Waals surface area contributed by atoms with E-state index in [2.05, 4.69) is 15.6 Å². The van der Waals surface area contributed by atoms with Crippen molar-refractivity contribution in [3.8, 4) is 0 Å². The molecule has 1 atom stereocenters. The van der Waals surface area contributed by atoms with Gasteiger partial charge in [0.25, 0.3) is 5.69 Å². The van der Waals surface area contributed by atoms with E-state index < -0.39 is 10.5 Å². The molecule has 8 heteroatoms. The zero-order chi connectivity index (χ0) is 18.3. The van der Waals surface area contributed by atoms with Crippen molar-refractivity contribution in [2.24, 2.45) is 4.99 Å². The Bertz CT molecular complexity index is 726. The van der Waals surface area contributed by atoms with Crippen LogP contribution in [0.5, 0.6) is 0 Å². The van der Waals surface area contributed by atoms with Crippen LogP contribution in [0.4, 0.5) is 5.69 Å². The Kier molecular flexibility index (Phi) is 6.13. The van der Waals surface area contributed by atoms with Crippen molar-refractivity contribution < 1.29 is 14.4 Å².